The van der Waals surface area contributed by atoms with Gasteiger partial charge < -0.3 is 0 Å². The zero-order valence-corrected chi connectivity index (χ0v) is 14.6. The van der Waals surface area contributed by atoms with Gasteiger partial charge >= 0.3 is 0 Å². The van der Waals surface area contributed by atoms with E-state index in [4.69, 9.17) is 0 Å². The quantitative estimate of drug-likeness (QED) is 0.452. The van der Waals surface area contributed by atoms with Crippen LogP contribution in [-0.2, 0) is 0 Å². The molecule has 0 bridgehead atoms. The highest BCUT2D eigenvalue weighted by molar-refractivity contribution is 9.10. The van der Waals surface area contributed by atoms with E-state index in [0.717, 1.165) is 11.2 Å². The van der Waals surface area contributed by atoms with Crippen molar-refractivity contribution >= 4 is 31.9 Å². The number of hydrogen-bond acceptors (Lipinski definition) is 0. The fraction of sp³-hybridized carbons (Fsp3) is 0.625. The Morgan fingerprint density at radius 2 is 2.00 bits per heavy atom. The third-order valence-corrected chi connectivity index (χ3v) is 4.94. The number of hydrogen-bond donors (Lipinski definition) is 0. The van der Waals surface area contributed by atoms with Crippen molar-refractivity contribution in [1.29, 1.82) is 0 Å². The lowest BCUT2D eigenvalue weighted by Crippen LogP contribution is -2.09. The van der Waals surface area contributed by atoms with Crippen LogP contribution in [0, 0.1) is 5.92 Å². The Labute approximate surface area is 129 Å². The van der Waals surface area contributed by atoms with Crippen LogP contribution in [0.3, 0.4) is 0 Å². The molecule has 0 amide bonds. The molecule has 0 saturated carbocycles. The minimum absolute atomic E-state index is 0.643. The first-order valence-corrected chi connectivity index (χ1v) is 8.94. The van der Waals surface area contributed by atoms with Crippen molar-refractivity contribution in [3.8, 4) is 0 Å². The molecule has 2 atom stereocenters. The Balaban J connectivity index is 2.65. The molecular weight excluding hydrogens is 352 g/mol. The number of unbranched alkanes of at least 4 members (excludes halogenated alkanes) is 1. The molecule has 0 spiro atoms. The van der Waals surface area contributed by atoms with E-state index < -0.39 is 0 Å². The summed E-state index contributed by atoms with van der Waals surface area (Å²) < 4.78 is 1.19. The summed E-state index contributed by atoms with van der Waals surface area (Å²) in [6, 6.07) is 8.76. The van der Waals surface area contributed by atoms with Gasteiger partial charge in [-0.1, -0.05) is 83.5 Å². The summed E-state index contributed by atoms with van der Waals surface area (Å²) in [5, 5.41) is 1.06. The van der Waals surface area contributed by atoms with Gasteiger partial charge in [-0.2, -0.15) is 0 Å². The van der Waals surface area contributed by atoms with Crippen molar-refractivity contribution in [1.82, 2.24) is 0 Å². The van der Waals surface area contributed by atoms with Crippen LogP contribution >= 0.6 is 31.9 Å². The van der Waals surface area contributed by atoms with Gasteiger partial charge in [0.1, 0.15) is 0 Å². The highest BCUT2D eigenvalue weighted by Crippen LogP contribution is 2.31. The summed E-state index contributed by atoms with van der Waals surface area (Å²) in [7, 11) is 0. The van der Waals surface area contributed by atoms with E-state index >= 15 is 0 Å². The van der Waals surface area contributed by atoms with Crippen molar-refractivity contribution < 1.29 is 0 Å². The molecule has 0 saturated heterocycles. The normalized spacial score (nSPS) is 14.4. The molecule has 0 aromatic heterocycles. The van der Waals surface area contributed by atoms with Crippen LogP contribution in [0.2, 0.25) is 0 Å². The van der Waals surface area contributed by atoms with Crippen molar-refractivity contribution in [3.63, 3.8) is 0 Å². The van der Waals surface area contributed by atoms with Gasteiger partial charge in [-0.15, -0.1) is 0 Å². The summed E-state index contributed by atoms with van der Waals surface area (Å²) in [5.74, 6) is 1.51. The first kappa shape index (κ1) is 16.2. The Morgan fingerprint density at radius 1 is 1.22 bits per heavy atom. The van der Waals surface area contributed by atoms with Crippen molar-refractivity contribution in [2.75, 3.05) is 5.33 Å². The first-order chi connectivity index (χ1) is 8.71. The van der Waals surface area contributed by atoms with Crippen LogP contribution < -0.4 is 0 Å². The molecule has 18 heavy (non-hydrogen) atoms. The monoisotopic (exact) mass is 374 g/mol. The number of halogens is 2. The Hall–Kier alpha value is 0.180. The van der Waals surface area contributed by atoms with Gasteiger partial charge in [0, 0.05) is 9.80 Å². The largest absolute Gasteiger partial charge is 0.0921 e. The fourth-order valence-electron chi connectivity index (χ4n) is 2.43. The molecule has 0 fully saturated rings. The minimum atomic E-state index is 0.643. The zero-order valence-electron chi connectivity index (χ0n) is 11.5. The second kappa shape index (κ2) is 9.14. The summed E-state index contributed by atoms with van der Waals surface area (Å²) in [6.45, 7) is 4.61. The molecule has 0 aliphatic carbocycles. The lowest BCUT2D eigenvalue weighted by Gasteiger charge is -2.21. The summed E-state index contributed by atoms with van der Waals surface area (Å²) >= 11 is 7.26. The molecule has 0 aliphatic heterocycles. The maximum Gasteiger partial charge on any atom is 0.0178 e. The first-order valence-electron chi connectivity index (χ1n) is 7.02. The van der Waals surface area contributed by atoms with E-state index in [1.165, 1.54) is 42.1 Å². The number of rotatable bonds is 8. The van der Waals surface area contributed by atoms with Gasteiger partial charge in [-0.3, -0.25) is 0 Å². The SMILES string of the molecule is CCCCC(CC)CC(CBr)c1cccc(Br)c1. The molecule has 0 N–H and O–H groups in total. The standard InChI is InChI=1S/C16H24Br2/c1-3-5-7-13(4-2)10-15(12-17)14-8-6-9-16(18)11-14/h6,8-9,11,13,15H,3-5,7,10,12H2,1-2H3. The maximum absolute atomic E-state index is 3.69. The average molecular weight is 376 g/mol. The smallest absolute Gasteiger partial charge is 0.0178 e. The number of benzene rings is 1. The molecule has 1 aromatic carbocycles. The van der Waals surface area contributed by atoms with Crippen LogP contribution in [0.5, 0.6) is 0 Å². The predicted molar refractivity (Wildman–Crippen MR) is 88.6 cm³/mol. The highest BCUT2D eigenvalue weighted by atomic mass is 79.9. The average Bonchev–Trinajstić information content (AvgIpc) is 2.39. The van der Waals surface area contributed by atoms with Crippen LogP contribution in [0.1, 0.15) is 57.4 Å². The second-order valence-corrected chi connectivity index (χ2v) is 6.62. The molecule has 1 rings (SSSR count). The van der Waals surface area contributed by atoms with Gasteiger partial charge in [0.15, 0.2) is 0 Å². The van der Waals surface area contributed by atoms with Gasteiger partial charge in [0.25, 0.3) is 0 Å². The molecule has 0 radical (unpaired) electrons. The van der Waals surface area contributed by atoms with Crippen molar-refractivity contribution in [2.24, 2.45) is 5.92 Å². The van der Waals surface area contributed by atoms with E-state index in [0.29, 0.717) is 5.92 Å². The topological polar surface area (TPSA) is 0 Å². The van der Waals surface area contributed by atoms with Crippen LogP contribution in [0.25, 0.3) is 0 Å². The second-order valence-electron chi connectivity index (χ2n) is 5.06. The Kier molecular flexibility index (Phi) is 8.25. The highest BCUT2D eigenvalue weighted by Gasteiger charge is 2.16. The molecular formula is C16H24Br2. The van der Waals surface area contributed by atoms with E-state index in [-0.39, 0.29) is 0 Å². The third-order valence-electron chi connectivity index (χ3n) is 3.67. The van der Waals surface area contributed by atoms with Gasteiger partial charge in [0.05, 0.1) is 0 Å². The molecule has 2 unspecified atom stereocenters. The molecule has 0 aliphatic rings. The molecule has 0 heterocycles. The fourth-order valence-corrected chi connectivity index (χ4v) is 3.49. The summed E-state index contributed by atoms with van der Waals surface area (Å²) in [6.07, 6.45) is 6.67. The Bertz CT molecular complexity index is 336. The minimum Gasteiger partial charge on any atom is -0.0921 e. The third kappa shape index (κ3) is 5.44. The predicted octanol–water partition coefficient (Wildman–Crippen LogP) is 6.53. The molecule has 0 nitrogen and oxygen atoms in total. The van der Waals surface area contributed by atoms with E-state index in [1.807, 2.05) is 0 Å². The van der Waals surface area contributed by atoms with Crippen LogP contribution in [-0.4, -0.2) is 5.33 Å². The van der Waals surface area contributed by atoms with E-state index in [1.54, 1.807) is 0 Å². The zero-order chi connectivity index (χ0) is 13.4. The lowest BCUT2D eigenvalue weighted by atomic mass is 9.86. The van der Waals surface area contributed by atoms with Gasteiger partial charge in [-0.05, 0) is 36.0 Å². The van der Waals surface area contributed by atoms with Gasteiger partial charge in [-0.25, -0.2) is 0 Å². The summed E-state index contributed by atoms with van der Waals surface area (Å²) in [5.41, 5.74) is 1.45. The lowest BCUT2D eigenvalue weighted by molar-refractivity contribution is 0.397. The van der Waals surface area contributed by atoms with Crippen molar-refractivity contribution in [2.45, 2.75) is 51.9 Å². The van der Waals surface area contributed by atoms with E-state index in [2.05, 4.69) is 70.0 Å². The van der Waals surface area contributed by atoms with Crippen molar-refractivity contribution in [3.05, 3.63) is 34.3 Å². The number of alkyl halides is 1. The maximum atomic E-state index is 3.69. The van der Waals surface area contributed by atoms with Crippen LogP contribution in [0.15, 0.2) is 28.7 Å². The van der Waals surface area contributed by atoms with Crippen LogP contribution in [0.4, 0.5) is 0 Å². The molecule has 102 valence electrons. The summed E-state index contributed by atoms with van der Waals surface area (Å²) in [4.78, 5) is 0. The molecule has 2 heteroatoms. The molecule has 1 aromatic rings. The Morgan fingerprint density at radius 3 is 2.56 bits per heavy atom. The van der Waals surface area contributed by atoms with E-state index in [9.17, 15) is 0 Å². The van der Waals surface area contributed by atoms with Gasteiger partial charge in [0.2, 0.25) is 0 Å².